The van der Waals surface area contributed by atoms with Gasteiger partial charge in [0.05, 0.1) is 5.56 Å². The van der Waals surface area contributed by atoms with Crippen LogP contribution < -0.4 is 5.73 Å². The third-order valence-electron chi connectivity index (χ3n) is 4.91. The second-order valence-electron chi connectivity index (χ2n) is 7.24. The van der Waals surface area contributed by atoms with Gasteiger partial charge in [-0.25, -0.2) is 19.4 Å². The molecule has 0 spiro atoms. The Hall–Kier alpha value is -4.01. The Morgan fingerprint density at radius 1 is 1.22 bits per heavy atom. The summed E-state index contributed by atoms with van der Waals surface area (Å²) in [4.78, 5) is 11.3. The van der Waals surface area contributed by atoms with Gasteiger partial charge in [0.1, 0.15) is 17.5 Å². The van der Waals surface area contributed by atoms with Crippen LogP contribution in [0, 0.1) is 17.1 Å². The van der Waals surface area contributed by atoms with E-state index in [1.807, 2.05) is 6.07 Å². The van der Waals surface area contributed by atoms with Crippen molar-refractivity contribution in [3.05, 3.63) is 53.6 Å². The van der Waals surface area contributed by atoms with Crippen molar-refractivity contribution in [3.8, 4) is 28.9 Å². The zero-order chi connectivity index (χ0) is 23.1. The summed E-state index contributed by atoms with van der Waals surface area (Å²) in [6.07, 6.45) is -2.68. The van der Waals surface area contributed by atoms with Gasteiger partial charge >= 0.3 is 6.18 Å². The van der Waals surface area contributed by atoms with Gasteiger partial charge in [-0.15, -0.1) is 0 Å². The predicted octanol–water partition coefficient (Wildman–Crippen LogP) is 3.69. The molecule has 3 aromatic rings. The normalized spacial score (nSPS) is 20.9. The maximum absolute atomic E-state index is 14.7. The average molecular weight is 446 g/mol. The molecule has 0 aliphatic carbocycles. The molecule has 1 aromatic carbocycles. The summed E-state index contributed by atoms with van der Waals surface area (Å²) in [5, 5.41) is 12.7. The average Bonchev–Trinajstić information content (AvgIpc) is 3.23. The lowest BCUT2D eigenvalue weighted by Gasteiger charge is -2.37. The SMILES string of the molecule is C[C@@]1(c2cc(-c3cc(-c4ncc(C#N)cn4)no3)ccc2F)C[C@@H](C(F)(F)F)N=C(N)O1. The molecule has 0 saturated carbocycles. The van der Waals surface area contributed by atoms with Gasteiger partial charge < -0.3 is 15.0 Å². The van der Waals surface area contributed by atoms with E-state index in [9.17, 15) is 17.6 Å². The highest BCUT2D eigenvalue weighted by molar-refractivity contribution is 5.73. The van der Waals surface area contributed by atoms with E-state index in [-0.39, 0.29) is 28.4 Å². The fraction of sp³-hybridized carbons (Fsp3) is 0.250. The molecule has 0 fully saturated rings. The summed E-state index contributed by atoms with van der Waals surface area (Å²) in [5.74, 6) is -0.384. The van der Waals surface area contributed by atoms with Gasteiger partial charge in [0.25, 0.3) is 6.02 Å². The van der Waals surface area contributed by atoms with E-state index in [4.69, 9.17) is 20.3 Å². The molecule has 164 valence electrons. The fourth-order valence-corrected chi connectivity index (χ4v) is 3.34. The molecule has 4 rings (SSSR count). The monoisotopic (exact) mass is 446 g/mol. The third-order valence-corrected chi connectivity index (χ3v) is 4.91. The van der Waals surface area contributed by atoms with E-state index < -0.39 is 36.1 Å². The molecule has 12 heteroatoms. The van der Waals surface area contributed by atoms with Crippen molar-refractivity contribution < 1.29 is 26.8 Å². The number of nitrogens with two attached hydrogens (primary N) is 1. The Morgan fingerprint density at radius 3 is 2.59 bits per heavy atom. The van der Waals surface area contributed by atoms with Crippen LogP contribution in [0.4, 0.5) is 17.6 Å². The molecule has 1 aliphatic rings. The highest BCUT2D eigenvalue weighted by Gasteiger charge is 2.49. The number of rotatable bonds is 3. The van der Waals surface area contributed by atoms with Gasteiger partial charge in [-0.2, -0.15) is 18.4 Å². The van der Waals surface area contributed by atoms with Crippen molar-refractivity contribution in [1.29, 1.82) is 5.26 Å². The minimum atomic E-state index is -4.66. The van der Waals surface area contributed by atoms with E-state index in [2.05, 4.69) is 20.1 Å². The van der Waals surface area contributed by atoms with Gasteiger partial charge in [-0.1, -0.05) is 5.16 Å². The van der Waals surface area contributed by atoms with E-state index in [1.54, 1.807) is 0 Å². The lowest BCUT2D eigenvalue weighted by molar-refractivity contribution is -0.164. The molecule has 32 heavy (non-hydrogen) atoms. The summed E-state index contributed by atoms with van der Waals surface area (Å²) in [6.45, 7) is 1.31. The van der Waals surface area contributed by atoms with Crippen molar-refractivity contribution in [2.45, 2.75) is 31.2 Å². The molecular formula is C20H14F4N6O2. The lowest BCUT2D eigenvalue weighted by Crippen LogP contribution is -2.46. The molecule has 8 nitrogen and oxygen atoms in total. The number of hydrogen-bond donors (Lipinski definition) is 1. The van der Waals surface area contributed by atoms with Crippen molar-refractivity contribution in [1.82, 2.24) is 15.1 Å². The van der Waals surface area contributed by atoms with Crippen LogP contribution in [-0.2, 0) is 10.3 Å². The molecule has 0 saturated heterocycles. The molecule has 1 aliphatic heterocycles. The summed E-state index contributed by atoms with van der Waals surface area (Å²) >= 11 is 0. The number of ether oxygens (including phenoxy) is 1. The van der Waals surface area contributed by atoms with Gasteiger partial charge in [0, 0.05) is 36.0 Å². The number of alkyl halides is 3. The minimum Gasteiger partial charge on any atom is -0.454 e. The van der Waals surface area contributed by atoms with Gasteiger partial charge in [-0.3, -0.25) is 0 Å². The molecule has 0 unspecified atom stereocenters. The van der Waals surface area contributed by atoms with Crippen LogP contribution in [0.15, 0.2) is 46.2 Å². The first-order chi connectivity index (χ1) is 15.1. The van der Waals surface area contributed by atoms with Gasteiger partial charge in [0.15, 0.2) is 23.3 Å². The maximum Gasteiger partial charge on any atom is 0.411 e. The van der Waals surface area contributed by atoms with Gasteiger partial charge in [-0.05, 0) is 25.1 Å². The number of halogens is 4. The van der Waals surface area contributed by atoms with E-state index in [1.165, 1.54) is 37.5 Å². The highest BCUT2D eigenvalue weighted by Crippen LogP contribution is 2.41. The summed E-state index contributed by atoms with van der Waals surface area (Å²) < 4.78 is 65.1. The largest absolute Gasteiger partial charge is 0.454 e. The zero-order valence-electron chi connectivity index (χ0n) is 16.4. The van der Waals surface area contributed by atoms with E-state index in [0.717, 1.165) is 6.07 Å². The first-order valence-corrected chi connectivity index (χ1v) is 9.18. The topological polar surface area (TPSA) is 123 Å². The van der Waals surface area contributed by atoms with Crippen LogP contribution in [0.5, 0.6) is 0 Å². The van der Waals surface area contributed by atoms with Crippen LogP contribution in [0.25, 0.3) is 22.8 Å². The molecule has 0 radical (unpaired) electrons. The molecule has 2 atom stereocenters. The number of hydrogen-bond acceptors (Lipinski definition) is 8. The smallest absolute Gasteiger partial charge is 0.411 e. The number of nitrogens with zero attached hydrogens (tertiary/aromatic N) is 5. The standard InChI is InChI=1S/C20H14F4N6O2/c1-19(6-16(20(22,23)24)29-18(26)31-19)12-4-11(2-3-13(12)21)15-5-14(30-32-15)17-27-8-10(7-25)9-28-17/h2-5,8-9,16H,6H2,1H3,(H2,26,29)/t16-,19-/m0/s1. The molecular weight excluding hydrogens is 432 g/mol. The van der Waals surface area contributed by atoms with Crippen molar-refractivity contribution in [2.75, 3.05) is 0 Å². The maximum atomic E-state index is 14.7. The zero-order valence-corrected chi connectivity index (χ0v) is 16.4. The van der Waals surface area contributed by atoms with E-state index in [0.29, 0.717) is 5.56 Å². The Labute approximate surface area is 178 Å². The summed E-state index contributed by atoms with van der Waals surface area (Å²) in [5.41, 5.74) is 4.46. The van der Waals surface area contributed by atoms with Crippen LogP contribution >= 0.6 is 0 Å². The Kier molecular flexibility index (Phi) is 5.04. The van der Waals surface area contributed by atoms with Crippen molar-refractivity contribution in [3.63, 3.8) is 0 Å². The van der Waals surface area contributed by atoms with Gasteiger partial charge in [0.2, 0.25) is 0 Å². The fourth-order valence-electron chi connectivity index (χ4n) is 3.34. The Balaban J connectivity index is 1.69. The minimum absolute atomic E-state index is 0.144. The molecule has 0 bridgehead atoms. The summed E-state index contributed by atoms with van der Waals surface area (Å²) in [7, 11) is 0. The molecule has 0 amide bonds. The van der Waals surface area contributed by atoms with Crippen LogP contribution in [-0.4, -0.2) is 33.4 Å². The first kappa shape index (κ1) is 21.2. The predicted molar refractivity (Wildman–Crippen MR) is 102 cm³/mol. The Morgan fingerprint density at radius 2 is 1.94 bits per heavy atom. The lowest BCUT2D eigenvalue weighted by atomic mass is 9.86. The number of aliphatic imine (C=N–C) groups is 1. The van der Waals surface area contributed by atoms with Crippen LogP contribution in [0.2, 0.25) is 0 Å². The van der Waals surface area contributed by atoms with Crippen molar-refractivity contribution >= 4 is 6.02 Å². The number of nitriles is 1. The number of benzene rings is 1. The number of amidine groups is 1. The van der Waals surface area contributed by atoms with Crippen LogP contribution in [0.3, 0.4) is 0 Å². The quantitative estimate of drug-likeness (QED) is 0.609. The summed E-state index contributed by atoms with van der Waals surface area (Å²) in [6, 6.07) is 4.35. The molecule has 3 heterocycles. The number of aromatic nitrogens is 3. The van der Waals surface area contributed by atoms with Crippen molar-refractivity contribution in [2.24, 2.45) is 10.7 Å². The van der Waals surface area contributed by atoms with Crippen LogP contribution in [0.1, 0.15) is 24.5 Å². The highest BCUT2D eigenvalue weighted by atomic mass is 19.4. The third kappa shape index (κ3) is 3.96. The second kappa shape index (κ2) is 7.60. The first-order valence-electron chi connectivity index (χ1n) is 9.18. The Bertz CT molecular complexity index is 1230. The molecule has 2 N–H and O–H groups in total. The molecule has 2 aromatic heterocycles. The van der Waals surface area contributed by atoms with E-state index >= 15 is 0 Å². The second-order valence-corrected chi connectivity index (χ2v) is 7.24.